The van der Waals surface area contributed by atoms with Crippen LogP contribution in [-0.2, 0) is 20.8 Å². The summed E-state index contributed by atoms with van der Waals surface area (Å²) >= 11 is 0. The second-order valence-corrected chi connectivity index (χ2v) is 6.60. The third kappa shape index (κ3) is 5.46. The van der Waals surface area contributed by atoms with E-state index in [2.05, 4.69) is 4.90 Å². The van der Waals surface area contributed by atoms with Gasteiger partial charge in [-0.2, -0.15) is 13.2 Å². The lowest BCUT2D eigenvalue weighted by Gasteiger charge is -2.44. The summed E-state index contributed by atoms with van der Waals surface area (Å²) in [6, 6.07) is 2.05. The van der Waals surface area contributed by atoms with Crippen LogP contribution in [-0.4, -0.2) is 61.2 Å². The van der Waals surface area contributed by atoms with Crippen LogP contribution in [0.15, 0.2) is 23.0 Å². The molecule has 2 heterocycles. The molecule has 2 atom stereocenters. The lowest BCUT2D eigenvalue weighted by atomic mass is 9.89. The molecule has 26 heavy (non-hydrogen) atoms. The minimum atomic E-state index is -5.08. The molecule has 1 saturated carbocycles. The topological polar surface area (TPSA) is 72.1 Å². The van der Waals surface area contributed by atoms with E-state index in [1.54, 1.807) is 13.4 Å². The van der Waals surface area contributed by atoms with Gasteiger partial charge in [-0.3, -0.25) is 4.90 Å². The van der Waals surface area contributed by atoms with Crippen LogP contribution in [0.2, 0.25) is 0 Å². The van der Waals surface area contributed by atoms with Gasteiger partial charge in [-0.15, -0.1) is 0 Å². The molecular weight excluding hydrogens is 355 g/mol. The number of hydrogen-bond acceptors (Lipinski definition) is 5. The van der Waals surface area contributed by atoms with Crippen molar-refractivity contribution in [2.45, 2.75) is 37.6 Å². The summed E-state index contributed by atoms with van der Waals surface area (Å²) in [6.07, 6.45) is 2.15. The van der Waals surface area contributed by atoms with Crippen molar-refractivity contribution in [3.63, 3.8) is 0 Å². The van der Waals surface area contributed by atoms with Crippen LogP contribution in [0.5, 0.6) is 0 Å². The van der Waals surface area contributed by atoms with Gasteiger partial charge in [0.05, 0.1) is 31.3 Å². The molecule has 0 radical (unpaired) electrons. The third-order valence-corrected chi connectivity index (χ3v) is 4.78. The molecule has 0 unspecified atom stereocenters. The molecule has 1 aliphatic carbocycles. The van der Waals surface area contributed by atoms with Crippen molar-refractivity contribution in [3.8, 4) is 0 Å². The molecule has 3 rings (SSSR count). The smallest absolute Gasteiger partial charge is 0.475 e. The van der Waals surface area contributed by atoms with Gasteiger partial charge in [0.2, 0.25) is 0 Å². The highest BCUT2D eigenvalue weighted by Crippen LogP contribution is 2.41. The number of halogens is 3. The molecule has 1 spiro atoms. The first-order valence-electron chi connectivity index (χ1n) is 8.43. The highest BCUT2D eigenvalue weighted by molar-refractivity contribution is 5.73. The molecule has 6 nitrogen and oxygen atoms in total. The zero-order valence-electron chi connectivity index (χ0n) is 14.6. The number of carbonyl (C=O) groups is 1. The molecule has 2 fully saturated rings. The normalized spacial score (nSPS) is 26.5. The Morgan fingerprint density at radius 1 is 1.50 bits per heavy atom. The first-order valence-corrected chi connectivity index (χ1v) is 8.43. The molecule has 1 aromatic heterocycles. The molecule has 2 aliphatic rings. The van der Waals surface area contributed by atoms with Crippen LogP contribution >= 0.6 is 0 Å². The van der Waals surface area contributed by atoms with E-state index in [1.165, 1.54) is 24.8 Å². The molecule has 148 valence electrons. The zero-order chi connectivity index (χ0) is 19.2. The van der Waals surface area contributed by atoms with Crippen molar-refractivity contribution in [3.05, 3.63) is 24.2 Å². The van der Waals surface area contributed by atoms with E-state index in [0.717, 1.165) is 32.8 Å². The van der Waals surface area contributed by atoms with Gasteiger partial charge >= 0.3 is 12.1 Å². The van der Waals surface area contributed by atoms with Crippen LogP contribution in [0.25, 0.3) is 0 Å². The Morgan fingerprint density at radius 3 is 2.81 bits per heavy atom. The molecule has 9 heteroatoms. The standard InChI is InChI=1S/C15H23NO3.C2HF3O2/c1-17-11-14-3-2-5-15(14)12-16(6-8-19-15)9-13-4-7-18-10-13;3-2(4,5)1(6)7/h4,7,10,14H,2-3,5-6,8-9,11-12H2,1H3;(H,6,7)/t14-,15+;/m1./s1. The molecule has 1 aromatic rings. The van der Waals surface area contributed by atoms with Gasteiger partial charge in [0.1, 0.15) is 0 Å². The second-order valence-electron chi connectivity index (χ2n) is 6.60. The van der Waals surface area contributed by atoms with E-state index in [1.807, 2.05) is 12.3 Å². The van der Waals surface area contributed by atoms with Gasteiger partial charge < -0.3 is 19.0 Å². The monoisotopic (exact) mass is 379 g/mol. The van der Waals surface area contributed by atoms with Gasteiger partial charge in [0.25, 0.3) is 0 Å². The molecule has 1 aliphatic heterocycles. The number of carboxylic acid groups (broad SMARTS) is 1. The number of alkyl halides is 3. The highest BCUT2D eigenvalue weighted by atomic mass is 19.4. The first kappa shape index (κ1) is 20.7. The van der Waals surface area contributed by atoms with E-state index in [9.17, 15) is 13.2 Å². The average Bonchev–Trinajstić information content (AvgIpc) is 3.19. The maximum absolute atomic E-state index is 10.6. The van der Waals surface area contributed by atoms with Crippen LogP contribution in [0.1, 0.15) is 24.8 Å². The van der Waals surface area contributed by atoms with Gasteiger partial charge in [0, 0.05) is 38.2 Å². The van der Waals surface area contributed by atoms with Crippen molar-refractivity contribution < 1.29 is 37.0 Å². The van der Waals surface area contributed by atoms with Crippen molar-refractivity contribution in [1.29, 1.82) is 0 Å². The molecular formula is C17H24F3NO5. The summed E-state index contributed by atoms with van der Waals surface area (Å²) in [6.45, 7) is 4.64. The maximum atomic E-state index is 10.6. The number of morpholine rings is 1. The van der Waals surface area contributed by atoms with E-state index in [4.69, 9.17) is 23.8 Å². The largest absolute Gasteiger partial charge is 0.490 e. The Bertz CT molecular complexity index is 563. The number of carboxylic acids is 1. The number of furan rings is 1. The number of ether oxygens (including phenoxy) is 2. The van der Waals surface area contributed by atoms with E-state index in [-0.39, 0.29) is 5.60 Å². The summed E-state index contributed by atoms with van der Waals surface area (Å²) in [4.78, 5) is 11.4. The minimum Gasteiger partial charge on any atom is -0.475 e. The quantitative estimate of drug-likeness (QED) is 0.867. The van der Waals surface area contributed by atoms with Crippen molar-refractivity contribution in [1.82, 2.24) is 4.90 Å². The molecule has 0 aromatic carbocycles. The van der Waals surface area contributed by atoms with Crippen molar-refractivity contribution in [2.24, 2.45) is 5.92 Å². The Kier molecular flexibility index (Phi) is 7.08. The Balaban J connectivity index is 0.000000298. The predicted octanol–water partition coefficient (Wildman–Crippen LogP) is 2.93. The number of nitrogens with zero attached hydrogens (tertiary/aromatic N) is 1. The van der Waals surface area contributed by atoms with Gasteiger partial charge in [0.15, 0.2) is 0 Å². The molecule has 0 bridgehead atoms. The number of hydrogen-bond donors (Lipinski definition) is 1. The summed E-state index contributed by atoms with van der Waals surface area (Å²) in [5, 5.41) is 7.12. The average molecular weight is 379 g/mol. The van der Waals surface area contributed by atoms with Gasteiger partial charge in [-0.1, -0.05) is 6.42 Å². The van der Waals surface area contributed by atoms with E-state index < -0.39 is 12.1 Å². The molecule has 1 saturated heterocycles. The van der Waals surface area contributed by atoms with Gasteiger partial charge in [-0.25, -0.2) is 4.79 Å². The van der Waals surface area contributed by atoms with Crippen LogP contribution in [0.4, 0.5) is 13.2 Å². The predicted molar refractivity (Wildman–Crippen MR) is 85.6 cm³/mol. The van der Waals surface area contributed by atoms with Crippen LogP contribution in [0, 0.1) is 5.92 Å². The fourth-order valence-corrected chi connectivity index (χ4v) is 3.61. The minimum absolute atomic E-state index is 0.0258. The second kappa shape index (κ2) is 8.88. The number of methoxy groups -OCH3 is 1. The first-order chi connectivity index (χ1) is 12.3. The molecule has 1 N–H and O–H groups in total. The fourth-order valence-electron chi connectivity index (χ4n) is 3.61. The molecule has 0 amide bonds. The van der Waals surface area contributed by atoms with Crippen LogP contribution in [0.3, 0.4) is 0 Å². The van der Waals surface area contributed by atoms with Crippen LogP contribution < -0.4 is 0 Å². The number of rotatable bonds is 4. The third-order valence-electron chi connectivity index (χ3n) is 4.78. The van der Waals surface area contributed by atoms with E-state index in [0.29, 0.717) is 5.92 Å². The zero-order valence-corrected chi connectivity index (χ0v) is 14.6. The lowest BCUT2D eigenvalue weighted by Crippen LogP contribution is -2.54. The Hall–Kier alpha value is -1.58. The highest BCUT2D eigenvalue weighted by Gasteiger charge is 2.46. The van der Waals surface area contributed by atoms with E-state index >= 15 is 0 Å². The summed E-state index contributed by atoms with van der Waals surface area (Å²) in [7, 11) is 1.79. The van der Waals surface area contributed by atoms with Gasteiger partial charge in [-0.05, 0) is 18.9 Å². The number of aliphatic carboxylic acids is 1. The Morgan fingerprint density at radius 2 is 2.23 bits per heavy atom. The fraction of sp³-hybridized carbons (Fsp3) is 0.706. The summed E-state index contributed by atoms with van der Waals surface area (Å²) < 4.78 is 48.5. The Labute approximate surface area is 149 Å². The summed E-state index contributed by atoms with van der Waals surface area (Å²) in [5.74, 6) is -2.21. The van der Waals surface area contributed by atoms with Crippen molar-refractivity contribution in [2.75, 3.05) is 33.4 Å². The lowest BCUT2D eigenvalue weighted by molar-refractivity contribution is -0.192. The van der Waals surface area contributed by atoms with Crippen molar-refractivity contribution >= 4 is 5.97 Å². The maximum Gasteiger partial charge on any atom is 0.490 e. The SMILES string of the molecule is COC[C@H]1CCC[C@]12CN(Cc1ccoc1)CCO2.O=C(O)C(F)(F)F. The summed E-state index contributed by atoms with van der Waals surface area (Å²) in [5.41, 5.74) is 1.27.